The molecule has 1 heterocycles. The number of rotatable bonds is 7. The van der Waals surface area contributed by atoms with Crippen LogP contribution in [0, 0.1) is 0 Å². The zero-order valence-electron chi connectivity index (χ0n) is 17.3. The van der Waals surface area contributed by atoms with Crippen molar-refractivity contribution in [3.8, 4) is 5.75 Å². The first-order valence-corrected chi connectivity index (χ1v) is 12.0. The Kier molecular flexibility index (Phi) is 6.77. The summed E-state index contributed by atoms with van der Waals surface area (Å²) in [5, 5.41) is 3.23. The summed E-state index contributed by atoms with van der Waals surface area (Å²) in [5.74, 6) is -0.0723. The van der Waals surface area contributed by atoms with Gasteiger partial charge in [0, 0.05) is 30.3 Å². The third-order valence-electron chi connectivity index (χ3n) is 5.01. The monoisotopic (exact) mass is 451 g/mol. The molecule has 0 spiro atoms. The smallest absolute Gasteiger partial charge is 0.263 e. The van der Waals surface area contributed by atoms with Gasteiger partial charge in [0.2, 0.25) is 10.0 Å². The molecule has 30 heavy (non-hydrogen) atoms. The number of nitrogens with zero attached hydrogens (tertiary/aromatic N) is 2. The molecule has 1 unspecified atom stereocenters. The Morgan fingerprint density at radius 3 is 2.47 bits per heavy atom. The van der Waals surface area contributed by atoms with Gasteiger partial charge in [-0.2, -0.15) is 0 Å². The molecule has 162 valence electrons. The minimum atomic E-state index is -3.60. The number of ether oxygens (including phenoxy) is 1. The molecule has 1 N–H and O–H groups in total. The van der Waals surface area contributed by atoms with E-state index < -0.39 is 16.1 Å². The Morgan fingerprint density at radius 2 is 1.87 bits per heavy atom. The van der Waals surface area contributed by atoms with Gasteiger partial charge in [-0.1, -0.05) is 23.7 Å². The van der Waals surface area contributed by atoms with Crippen molar-refractivity contribution in [2.75, 3.05) is 35.1 Å². The molecule has 0 radical (unpaired) electrons. The summed E-state index contributed by atoms with van der Waals surface area (Å²) in [6.45, 7) is 6.27. The zero-order chi connectivity index (χ0) is 21.9. The largest absolute Gasteiger partial charge is 0.476 e. The van der Waals surface area contributed by atoms with Crippen LogP contribution < -0.4 is 19.3 Å². The number of anilines is 2. The molecule has 0 saturated heterocycles. The van der Waals surface area contributed by atoms with Crippen molar-refractivity contribution < 1.29 is 17.9 Å². The molecule has 0 bridgehead atoms. The number of sulfonamides is 1. The Balaban J connectivity index is 1.69. The average Bonchev–Trinajstić information content (AvgIpc) is 2.72. The highest BCUT2D eigenvalue weighted by Crippen LogP contribution is 2.37. The highest BCUT2D eigenvalue weighted by atomic mass is 35.5. The van der Waals surface area contributed by atoms with Gasteiger partial charge in [0.25, 0.3) is 5.91 Å². The van der Waals surface area contributed by atoms with E-state index >= 15 is 0 Å². The second-order valence-electron chi connectivity index (χ2n) is 7.07. The van der Waals surface area contributed by atoms with E-state index in [1.165, 1.54) is 6.07 Å². The van der Waals surface area contributed by atoms with E-state index in [0.717, 1.165) is 34.9 Å². The summed E-state index contributed by atoms with van der Waals surface area (Å²) >= 11 is 6.00. The van der Waals surface area contributed by atoms with Crippen molar-refractivity contribution >= 4 is 38.9 Å². The van der Waals surface area contributed by atoms with Crippen molar-refractivity contribution in [3.63, 3.8) is 0 Å². The molecular weight excluding hydrogens is 426 g/mol. The van der Waals surface area contributed by atoms with Gasteiger partial charge in [-0.15, -0.1) is 0 Å². The second-order valence-corrected chi connectivity index (χ2v) is 9.41. The van der Waals surface area contributed by atoms with Crippen LogP contribution in [0.4, 0.5) is 11.4 Å². The van der Waals surface area contributed by atoms with Crippen molar-refractivity contribution in [2.24, 2.45) is 0 Å². The van der Waals surface area contributed by atoms with Crippen LogP contribution in [0.25, 0.3) is 0 Å². The molecule has 0 fully saturated rings. The van der Waals surface area contributed by atoms with Gasteiger partial charge >= 0.3 is 0 Å². The molecule has 1 aliphatic rings. The van der Waals surface area contributed by atoms with Crippen LogP contribution in [0.2, 0.25) is 5.02 Å². The topological polar surface area (TPSA) is 79.0 Å². The van der Waals surface area contributed by atoms with Crippen LogP contribution in [0.1, 0.15) is 19.4 Å². The Hall–Kier alpha value is -2.45. The SMILES string of the molecule is CCN(CC)c1ccc(CNC(=O)C2CN(S(C)(=O)=O)c3cc(Cl)ccc3O2)cc1. The number of nitrogens with one attached hydrogen (secondary N) is 1. The second kappa shape index (κ2) is 9.14. The first-order chi connectivity index (χ1) is 14.2. The summed E-state index contributed by atoms with van der Waals surface area (Å²) in [4.78, 5) is 14.9. The van der Waals surface area contributed by atoms with Crippen molar-refractivity contribution in [2.45, 2.75) is 26.5 Å². The highest BCUT2D eigenvalue weighted by molar-refractivity contribution is 7.92. The van der Waals surface area contributed by atoms with Crippen LogP contribution in [-0.2, 0) is 21.4 Å². The average molecular weight is 452 g/mol. The fraction of sp³-hybridized carbons (Fsp3) is 0.381. The van der Waals surface area contributed by atoms with Crippen LogP contribution in [-0.4, -0.2) is 46.3 Å². The number of carbonyl (C=O) groups excluding carboxylic acids is 1. The lowest BCUT2D eigenvalue weighted by molar-refractivity contribution is -0.127. The van der Waals surface area contributed by atoms with Gasteiger partial charge in [0.1, 0.15) is 5.75 Å². The summed E-state index contributed by atoms with van der Waals surface area (Å²) in [5.41, 5.74) is 2.41. The summed E-state index contributed by atoms with van der Waals surface area (Å²) in [6, 6.07) is 12.7. The van der Waals surface area contributed by atoms with Crippen LogP contribution >= 0.6 is 11.6 Å². The van der Waals surface area contributed by atoms with Crippen LogP contribution in [0.3, 0.4) is 0 Å². The molecule has 1 amide bonds. The first-order valence-electron chi connectivity index (χ1n) is 9.78. The maximum atomic E-state index is 12.7. The van der Waals surface area contributed by atoms with E-state index in [1.54, 1.807) is 12.1 Å². The lowest BCUT2D eigenvalue weighted by Crippen LogP contribution is -2.50. The Bertz CT molecular complexity index is 1010. The molecule has 1 aliphatic heterocycles. The number of carbonyl (C=O) groups is 1. The van der Waals surface area contributed by atoms with Crippen molar-refractivity contribution in [1.29, 1.82) is 0 Å². The normalized spacial score (nSPS) is 15.9. The highest BCUT2D eigenvalue weighted by Gasteiger charge is 2.35. The Morgan fingerprint density at radius 1 is 1.20 bits per heavy atom. The minimum absolute atomic E-state index is 0.112. The van der Waals surface area contributed by atoms with E-state index in [0.29, 0.717) is 23.0 Å². The van der Waals surface area contributed by atoms with Crippen molar-refractivity contribution in [1.82, 2.24) is 5.32 Å². The zero-order valence-corrected chi connectivity index (χ0v) is 18.8. The van der Waals surface area contributed by atoms with E-state index in [2.05, 4.69) is 24.1 Å². The molecule has 0 saturated carbocycles. The molecule has 2 aromatic rings. The summed E-state index contributed by atoms with van der Waals surface area (Å²) in [7, 11) is -3.60. The van der Waals surface area contributed by atoms with Crippen LogP contribution in [0.5, 0.6) is 5.75 Å². The number of benzene rings is 2. The number of hydrogen-bond donors (Lipinski definition) is 1. The van der Waals surface area contributed by atoms with Gasteiger partial charge in [0.15, 0.2) is 6.10 Å². The first kappa shape index (κ1) is 22.2. The molecule has 2 aromatic carbocycles. The Labute approximate surface area is 182 Å². The van der Waals surface area contributed by atoms with Gasteiger partial charge in [-0.05, 0) is 49.7 Å². The number of hydrogen-bond acceptors (Lipinski definition) is 5. The maximum absolute atomic E-state index is 12.7. The molecule has 0 aromatic heterocycles. The molecule has 7 nitrogen and oxygen atoms in total. The van der Waals surface area contributed by atoms with Crippen molar-refractivity contribution in [3.05, 3.63) is 53.1 Å². The van der Waals surface area contributed by atoms with E-state index in [1.807, 2.05) is 24.3 Å². The molecule has 0 aliphatic carbocycles. The summed E-state index contributed by atoms with van der Waals surface area (Å²) in [6.07, 6.45) is 0.137. The lowest BCUT2D eigenvalue weighted by atomic mass is 10.1. The molecule has 9 heteroatoms. The van der Waals surface area contributed by atoms with E-state index in [4.69, 9.17) is 16.3 Å². The van der Waals surface area contributed by atoms with Gasteiger partial charge in [-0.25, -0.2) is 8.42 Å². The quantitative estimate of drug-likeness (QED) is 0.700. The number of halogens is 1. The molecule has 3 rings (SSSR count). The van der Waals surface area contributed by atoms with Gasteiger partial charge in [-0.3, -0.25) is 9.10 Å². The molecular formula is C21H26ClN3O4S. The summed E-state index contributed by atoms with van der Waals surface area (Å²) < 4.78 is 31.4. The lowest BCUT2D eigenvalue weighted by Gasteiger charge is -2.34. The third-order valence-corrected chi connectivity index (χ3v) is 6.40. The fourth-order valence-electron chi connectivity index (χ4n) is 3.39. The predicted octanol–water partition coefficient (Wildman–Crippen LogP) is 3.03. The predicted molar refractivity (Wildman–Crippen MR) is 120 cm³/mol. The standard InChI is InChI=1S/C21H26ClN3O4S/c1-4-24(5-2)17-9-6-15(7-10-17)13-23-21(26)20-14-25(30(3,27)28)18-12-16(22)8-11-19(18)29-20/h6-12,20H,4-5,13-14H2,1-3H3,(H,23,26). The maximum Gasteiger partial charge on any atom is 0.263 e. The third kappa shape index (κ3) is 4.99. The van der Waals surface area contributed by atoms with Crippen LogP contribution in [0.15, 0.2) is 42.5 Å². The van der Waals surface area contributed by atoms with E-state index in [-0.39, 0.29) is 12.5 Å². The fourth-order valence-corrected chi connectivity index (χ4v) is 4.46. The van der Waals surface area contributed by atoms with E-state index in [9.17, 15) is 13.2 Å². The number of fused-ring (bicyclic) bond motifs is 1. The molecule has 1 atom stereocenters. The number of amides is 1. The minimum Gasteiger partial charge on any atom is -0.476 e. The van der Waals surface area contributed by atoms with Gasteiger partial charge in [0.05, 0.1) is 18.5 Å². The van der Waals surface area contributed by atoms with Gasteiger partial charge < -0.3 is 15.0 Å².